The molecule has 22 heavy (non-hydrogen) atoms. The van der Waals surface area contributed by atoms with Gasteiger partial charge in [-0.1, -0.05) is 35.2 Å². The Kier molecular flexibility index (Phi) is 5.07. The Morgan fingerprint density at radius 1 is 1.27 bits per heavy atom. The predicted octanol–water partition coefficient (Wildman–Crippen LogP) is 3.11. The van der Waals surface area contributed by atoms with Gasteiger partial charge in [0, 0.05) is 12.1 Å². The zero-order valence-corrected chi connectivity index (χ0v) is 14.0. The number of rotatable bonds is 5. The summed E-state index contributed by atoms with van der Waals surface area (Å²) in [6.45, 7) is 3.32. The van der Waals surface area contributed by atoms with Crippen LogP contribution in [0.15, 0.2) is 28.6 Å². The molecule has 1 N–H and O–H groups in total. The maximum atomic E-state index is 12.2. The third kappa shape index (κ3) is 3.85. The van der Waals surface area contributed by atoms with Gasteiger partial charge in [0.15, 0.2) is 4.34 Å². The van der Waals surface area contributed by atoms with E-state index in [1.165, 1.54) is 54.6 Å². The number of nitrogens with one attached hydrogen (secondary N) is 1. The third-order valence-electron chi connectivity index (χ3n) is 3.62. The first-order valence-corrected chi connectivity index (χ1v) is 9.29. The van der Waals surface area contributed by atoms with Crippen molar-refractivity contribution in [2.45, 2.75) is 23.7 Å². The van der Waals surface area contributed by atoms with E-state index < -0.39 is 0 Å². The molecule has 1 fully saturated rings. The summed E-state index contributed by atoms with van der Waals surface area (Å²) in [6.07, 6.45) is 4.52. The molecule has 1 aromatic heterocycles. The van der Waals surface area contributed by atoms with Crippen molar-refractivity contribution >= 4 is 34.1 Å². The normalized spacial score (nSPS) is 15.1. The van der Waals surface area contributed by atoms with Gasteiger partial charge in [-0.05, 0) is 49.9 Å². The van der Waals surface area contributed by atoms with Gasteiger partial charge in [0.05, 0.1) is 0 Å². The molecule has 5 nitrogen and oxygen atoms in total. The van der Waals surface area contributed by atoms with Crippen LogP contribution in [0.25, 0.3) is 0 Å². The van der Waals surface area contributed by atoms with Crippen molar-refractivity contribution in [2.24, 2.45) is 0 Å². The molecule has 1 aliphatic heterocycles. The maximum absolute atomic E-state index is 12.2. The van der Waals surface area contributed by atoms with Crippen LogP contribution in [0.5, 0.6) is 0 Å². The Labute approximate surface area is 138 Å². The molecule has 0 unspecified atom stereocenters. The fourth-order valence-electron chi connectivity index (χ4n) is 2.47. The lowest BCUT2D eigenvalue weighted by molar-refractivity contribution is 0.102. The van der Waals surface area contributed by atoms with E-state index in [9.17, 15) is 4.79 Å². The van der Waals surface area contributed by atoms with Crippen molar-refractivity contribution in [2.75, 3.05) is 24.7 Å². The lowest BCUT2D eigenvalue weighted by atomic mass is 10.1. The van der Waals surface area contributed by atoms with E-state index in [-0.39, 0.29) is 5.91 Å². The van der Waals surface area contributed by atoms with Crippen molar-refractivity contribution in [1.29, 1.82) is 0 Å². The van der Waals surface area contributed by atoms with Gasteiger partial charge in [-0.15, -0.1) is 10.2 Å². The summed E-state index contributed by atoms with van der Waals surface area (Å²) in [5.41, 5.74) is 1.89. The number of likely N-dealkylation sites (tertiary alicyclic amines) is 1. The molecule has 116 valence electrons. The highest BCUT2D eigenvalue weighted by Gasteiger charge is 2.13. The zero-order chi connectivity index (χ0) is 15.4. The topological polar surface area (TPSA) is 58.1 Å². The monoisotopic (exact) mass is 334 g/mol. The van der Waals surface area contributed by atoms with Gasteiger partial charge in [-0.2, -0.15) is 0 Å². The smallest absolute Gasteiger partial charge is 0.257 e. The number of carbonyl (C=O) groups excluding carboxylic acids is 1. The quantitative estimate of drug-likeness (QED) is 0.672. The third-order valence-corrected chi connectivity index (χ3v) is 5.44. The highest BCUT2D eigenvalue weighted by atomic mass is 32.2. The van der Waals surface area contributed by atoms with Crippen LogP contribution >= 0.6 is 23.1 Å². The van der Waals surface area contributed by atoms with Gasteiger partial charge >= 0.3 is 0 Å². The van der Waals surface area contributed by atoms with E-state index in [4.69, 9.17) is 0 Å². The second-order valence-corrected chi connectivity index (χ2v) is 7.24. The number of carbonyl (C=O) groups is 1. The number of benzene rings is 1. The van der Waals surface area contributed by atoms with Gasteiger partial charge in [-0.3, -0.25) is 15.0 Å². The fraction of sp³-hybridized carbons (Fsp3) is 0.400. The Balaban J connectivity index is 1.60. The zero-order valence-electron chi connectivity index (χ0n) is 12.4. The number of hydrogen-bond donors (Lipinski definition) is 1. The SMILES string of the molecule is CSc1nnc(NC(=O)c2ccc(CN3CCCC3)cc2)s1. The van der Waals surface area contributed by atoms with E-state index >= 15 is 0 Å². The molecule has 0 aliphatic carbocycles. The average molecular weight is 334 g/mol. The van der Waals surface area contributed by atoms with Gasteiger partial charge in [-0.25, -0.2) is 0 Å². The van der Waals surface area contributed by atoms with Crippen molar-refractivity contribution < 1.29 is 4.79 Å². The summed E-state index contributed by atoms with van der Waals surface area (Å²) >= 11 is 2.90. The molecule has 2 heterocycles. The number of hydrogen-bond acceptors (Lipinski definition) is 6. The molecule has 1 aromatic carbocycles. The van der Waals surface area contributed by atoms with Crippen LogP contribution in [-0.2, 0) is 6.54 Å². The molecule has 0 bridgehead atoms. The number of aromatic nitrogens is 2. The first kappa shape index (κ1) is 15.5. The first-order chi connectivity index (χ1) is 10.7. The number of nitrogens with zero attached hydrogens (tertiary/aromatic N) is 3. The Morgan fingerprint density at radius 3 is 2.64 bits per heavy atom. The van der Waals surface area contributed by atoms with E-state index in [0.717, 1.165) is 10.9 Å². The molecule has 7 heteroatoms. The Bertz CT molecular complexity index is 635. The lowest BCUT2D eigenvalue weighted by Crippen LogP contribution is -2.18. The summed E-state index contributed by atoms with van der Waals surface area (Å²) in [7, 11) is 0. The van der Waals surface area contributed by atoms with Gasteiger partial charge < -0.3 is 0 Å². The fourth-order valence-corrected chi connectivity index (χ4v) is 3.64. The Hall–Kier alpha value is -1.44. The number of amides is 1. The minimum atomic E-state index is -0.142. The van der Waals surface area contributed by atoms with Crippen LogP contribution in [0.1, 0.15) is 28.8 Å². The first-order valence-electron chi connectivity index (χ1n) is 7.25. The van der Waals surface area contributed by atoms with Gasteiger partial charge in [0.25, 0.3) is 5.91 Å². The number of anilines is 1. The van der Waals surface area contributed by atoms with E-state index in [2.05, 4.69) is 20.4 Å². The molecule has 0 atom stereocenters. The van der Waals surface area contributed by atoms with Crippen LogP contribution in [-0.4, -0.2) is 40.3 Å². The lowest BCUT2D eigenvalue weighted by Gasteiger charge is -2.14. The van der Waals surface area contributed by atoms with E-state index in [1.807, 2.05) is 30.5 Å². The molecule has 3 rings (SSSR count). The molecular formula is C15H18N4OS2. The van der Waals surface area contributed by atoms with Crippen LogP contribution in [0.3, 0.4) is 0 Å². The molecule has 1 aliphatic rings. The van der Waals surface area contributed by atoms with Crippen LogP contribution in [0.2, 0.25) is 0 Å². The molecule has 0 saturated carbocycles. The van der Waals surface area contributed by atoms with Gasteiger partial charge in [0.1, 0.15) is 0 Å². The van der Waals surface area contributed by atoms with Crippen molar-refractivity contribution in [1.82, 2.24) is 15.1 Å². The summed E-state index contributed by atoms with van der Waals surface area (Å²) in [6, 6.07) is 7.80. The summed E-state index contributed by atoms with van der Waals surface area (Å²) in [5.74, 6) is -0.142. The van der Waals surface area contributed by atoms with E-state index in [0.29, 0.717) is 10.7 Å². The molecule has 2 aromatic rings. The summed E-state index contributed by atoms with van der Waals surface area (Å²) < 4.78 is 0.844. The van der Waals surface area contributed by atoms with E-state index in [1.54, 1.807) is 0 Å². The number of thioether (sulfide) groups is 1. The highest BCUT2D eigenvalue weighted by molar-refractivity contribution is 8.00. The highest BCUT2D eigenvalue weighted by Crippen LogP contribution is 2.23. The molecule has 1 amide bonds. The van der Waals surface area contributed by atoms with Crippen LogP contribution < -0.4 is 5.32 Å². The van der Waals surface area contributed by atoms with Crippen molar-refractivity contribution in [3.05, 3.63) is 35.4 Å². The standard InChI is InChI=1S/C15H18N4OS2/c1-21-15-18-17-14(22-15)16-13(20)12-6-4-11(5-7-12)10-19-8-2-3-9-19/h4-7H,2-3,8-10H2,1H3,(H,16,17,20). The molecule has 0 spiro atoms. The summed E-state index contributed by atoms with van der Waals surface area (Å²) in [5, 5.41) is 11.2. The molecule has 0 radical (unpaired) electrons. The average Bonchev–Trinajstić information content (AvgIpc) is 3.19. The largest absolute Gasteiger partial charge is 0.299 e. The second-order valence-electron chi connectivity index (χ2n) is 5.21. The van der Waals surface area contributed by atoms with Crippen molar-refractivity contribution in [3.63, 3.8) is 0 Å². The Morgan fingerprint density at radius 2 is 2.00 bits per heavy atom. The minimum absolute atomic E-state index is 0.142. The predicted molar refractivity (Wildman–Crippen MR) is 90.6 cm³/mol. The second kappa shape index (κ2) is 7.21. The molecule has 1 saturated heterocycles. The minimum Gasteiger partial charge on any atom is -0.299 e. The van der Waals surface area contributed by atoms with Crippen LogP contribution in [0.4, 0.5) is 5.13 Å². The van der Waals surface area contributed by atoms with Gasteiger partial charge in [0.2, 0.25) is 5.13 Å². The van der Waals surface area contributed by atoms with Crippen LogP contribution in [0, 0.1) is 0 Å². The maximum Gasteiger partial charge on any atom is 0.257 e. The molecular weight excluding hydrogens is 316 g/mol. The van der Waals surface area contributed by atoms with Crippen molar-refractivity contribution in [3.8, 4) is 0 Å². The summed E-state index contributed by atoms with van der Waals surface area (Å²) in [4.78, 5) is 14.6.